The molecule has 7 nitrogen and oxygen atoms in total. The molecule has 0 radical (unpaired) electrons. The molecule has 0 fully saturated rings. The van der Waals surface area contributed by atoms with Crippen LogP contribution in [0.15, 0.2) is 0 Å². The number of carbonyl (C=O) groups is 2. The quantitative estimate of drug-likeness (QED) is 0.318. The second-order valence-corrected chi connectivity index (χ2v) is 7.71. The third-order valence-electron chi connectivity index (χ3n) is 3.73. The fourth-order valence-electron chi connectivity index (χ4n) is 2.32. The minimum absolute atomic E-state index is 0.109. The highest BCUT2D eigenvalue weighted by Gasteiger charge is 2.35. The van der Waals surface area contributed by atoms with E-state index in [0.717, 1.165) is 19.3 Å². The van der Waals surface area contributed by atoms with Crippen LogP contribution in [0.1, 0.15) is 77.6 Å². The molecule has 8 heteroatoms. The average molecular weight is 366 g/mol. The van der Waals surface area contributed by atoms with Gasteiger partial charge in [-0.3, -0.25) is 13.8 Å². The molecule has 0 amide bonds. The zero-order valence-electron chi connectivity index (χ0n) is 14.4. The highest BCUT2D eigenvalue weighted by molar-refractivity contribution is 7.88. The summed E-state index contributed by atoms with van der Waals surface area (Å²) in [5.74, 6) is -3.20. The molecule has 0 spiro atoms. The first-order chi connectivity index (χ1) is 11.3. The van der Waals surface area contributed by atoms with Gasteiger partial charge in [0.2, 0.25) is 0 Å². The largest absolute Gasteiger partial charge is 0.481 e. The van der Waals surface area contributed by atoms with Gasteiger partial charge in [0.15, 0.2) is 5.25 Å². The van der Waals surface area contributed by atoms with Crippen molar-refractivity contribution < 1.29 is 32.4 Å². The number of carboxylic acids is 2. The van der Waals surface area contributed by atoms with Gasteiger partial charge in [0.1, 0.15) is 0 Å². The molecule has 0 heterocycles. The van der Waals surface area contributed by atoms with Crippen LogP contribution in [0, 0.1) is 0 Å². The van der Waals surface area contributed by atoms with Crippen LogP contribution >= 0.6 is 0 Å². The lowest BCUT2D eigenvalue weighted by Gasteiger charge is -2.11. The monoisotopic (exact) mass is 366 g/mol. The van der Waals surface area contributed by atoms with Crippen molar-refractivity contribution in [2.45, 2.75) is 82.8 Å². The maximum absolute atomic E-state index is 11.7. The smallest absolute Gasteiger partial charge is 0.325 e. The number of rotatable bonds is 16. The van der Waals surface area contributed by atoms with Gasteiger partial charge >= 0.3 is 11.9 Å². The lowest BCUT2D eigenvalue weighted by molar-refractivity contribution is -0.143. The molecule has 0 aliphatic rings. The first-order valence-electron chi connectivity index (χ1n) is 8.64. The van der Waals surface area contributed by atoms with E-state index >= 15 is 0 Å². The Balaban J connectivity index is 3.81. The summed E-state index contributed by atoms with van der Waals surface area (Å²) in [5.41, 5.74) is 0. The highest BCUT2D eigenvalue weighted by atomic mass is 32.2. The molecule has 142 valence electrons. The summed E-state index contributed by atoms with van der Waals surface area (Å²) in [5, 5.41) is 15.3. The molecule has 24 heavy (non-hydrogen) atoms. The van der Waals surface area contributed by atoms with E-state index in [1.54, 1.807) is 0 Å². The zero-order valence-corrected chi connectivity index (χ0v) is 15.2. The second-order valence-electron chi connectivity index (χ2n) is 5.92. The van der Waals surface area contributed by atoms with Crippen LogP contribution in [0.3, 0.4) is 0 Å². The summed E-state index contributed by atoms with van der Waals surface area (Å²) in [6.07, 6.45) is 9.83. The maximum atomic E-state index is 11.7. The summed E-state index contributed by atoms with van der Waals surface area (Å²) in [6.45, 7) is 2.07. The van der Waals surface area contributed by atoms with E-state index in [1.165, 1.54) is 38.5 Å². The summed E-state index contributed by atoms with van der Waals surface area (Å²) in [4.78, 5) is 21.4. The molecule has 0 saturated heterocycles. The number of hydrogen-bond acceptors (Lipinski definition) is 5. The lowest BCUT2D eigenvalue weighted by Crippen LogP contribution is -2.34. The van der Waals surface area contributed by atoms with E-state index in [9.17, 15) is 18.0 Å². The van der Waals surface area contributed by atoms with Gasteiger partial charge in [-0.05, 0) is 6.42 Å². The molecule has 1 unspecified atom stereocenters. The van der Waals surface area contributed by atoms with E-state index in [1.807, 2.05) is 0 Å². The van der Waals surface area contributed by atoms with Crippen LogP contribution in [0.4, 0.5) is 0 Å². The molecule has 0 aliphatic carbocycles. The van der Waals surface area contributed by atoms with Crippen molar-refractivity contribution in [3.05, 3.63) is 0 Å². The standard InChI is InChI=1S/C16H30O7S/c1-2-3-4-5-6-7-8-9-10-11-12-23-24(21,22)14(16(19)20)13-15(17)18/h14H,2-13H2,1H3,(H,17,18)(H,19,20). The van der Waals surface area contributed by atoms with Crippen molar-refractivity contribution in [3.8, 4) is 0 Å². The van der Waals surface area contributed by atoms with Gasteiger partial charge in [-0.15, -0.1) is 0 Å². The van der Waals surface area contributed by atoms with E-state index in [2.05, 4.69) is 11.1 Å². The SMILES string of the molecule is CCCCCCCCCCCCOS(=O)(=O)C(CC(=O)O)C(=O)O. The van der Waals surface area contributed by atoms with Crippen LogP contribution in [-0.4, -0.2) is 42.4 Å². The van der Waals surface area contributed by atoms with Crippen molar-refractivity contribution in [2.75, 3.05) is 6.61 Å². The van der Waals surface area contributed by atoms with Crippen LogP contribution in [0.5, 0.6) is 0 Å². The molecule has 0 bridgehead atoms. The average Bonchev–Trinajstić information content (AvgIpc) is 2.49. The highest BCUT2D eigenvalue weighted by Crippen LogP contribution is 2.13. The molecule has 0 rings (SSSR count). The van der Waals surface area contributed by atoms with Crippen molar-refractivity contribution in [2.24, 2.45) is 0 Å². The van der Waals surface area contributed by atoms with E-state index in [-0.39, 0.29) is 6.61 Å². The second kappa shape index (κ2) is 13.2. The lowest BCUT2D eigenvalue weighted by atomic mass is 10.1. The number of unbranched alkanes of at least 4 members (excludes halogenated alkanes) is 9. The van der Waals surface area contributed by atoms with E-state index < -0.39 is 33.7 Å². The molecule has 0 aliphatic heterocycles. The van der Waals surface area contributed by atoms with Crippen LogP contribution < -0.4 is 0 Å². The Kier molecular flexibility index (Phi) is 12.5. The topological polar surface area (TPSA) is 118 Å². The van der Waals surface area contributed by atoms with Gasteiger partial charge in [0, 0.05) is 0 Å². The van der Waals surface area contributed by atoms with Gasteiger partial charge in [0.25, 0.3) is 10.1 Å². The fraction of sp³-hybridized carbons (Fsp3) is 0.875. The first-order valence-corrected chi connectivity index (χ1v) is 10.1. The Hall–Kier alpha value is -1.15. The van der Waals surface area contributed by atoms with Gasteiger partial charge in [-0.1, -0.05) is 64.7 Å². The van der Waals surface area contributed by atoms with E-state index in [4.69, 9.17) is 10.2 Å². The van der Waals surface area contributed by atoms with Gasteiger partial charge in [-0.2, -0.15) is 8.42 Å². The summed E-state index contributed by atoms with van der Waals surface area (Å²) >= 11 is 0. The minimum atomic E-state index is -4.41. The normalized spacial score (nSPS) is 12.9. The number of aliphatic carboxylic acids is 2. The predicted molar refractivity (Wildman–Crippen MR) is 90.4 cm³/mol. The molecule has 0 aromatic carbocycles. The Morgan fingerprint density at radius 3 is 1.75 bits per heavy atom. The van der Waals surface area contributed by atoms with Crippen LogP contribution in [0.2, 0.25) is 0 Å². The molecule has 0 aromatic heterocycles. The van der Waals surface area contributed by atoms with Gasteiger partial charge < -0.3 is 10.2 Å². The third-order valence-corrected chi connectivity index (χ3v) is 5.29. The van der Waals surface area contributed by atoms with E-state index in [0.29, 0.717) is 6.42 Å². The molecular formula is C16H30O7S. The molecule has 1 atom stereocenters. The summed E-state index contributed by atoms with van der Waals surface area (Å²) < 4.78 is 28.1. The van der Waals surface area contributed by atoms with Crippen LogP contribution in [-0.2, 0) is 23.9 Å². The zero-order chi connectivity index (χ0) is 18.4. The maximum Gasteiger partial charge on any atom is 0.325 e. The summed E-state index contributed by atoms with van der Waals surface area (Å²) in [7, 11) is -4.41. The Morgan fingerprint density at radius 1 is 0.875 bits per heavy atom. The Bertz CT molecular complexity index is 459. The van der Waals surface area contributed by atoms with Crippen molar-refractivity contribution in [1.82, 2.24) is 0 Å². The Morgan fingerprint density at radius 2 is 1.33 bits per heavy atom. The fourth-order valence-corrected chi connectivity index (χ4v) is 3.43. The molecule has 2 N–H and O–H groups in total. The minimum Gasteiger partial charge on any atom is -0.481 e. The predicted octanol–water partition coefficient (Wildman–Crippen LogP) is 3.18. The molecular weight excluding hydrogens is 336 g/mol. The number of carboxylic acid groups (broad SMARTS) is 2. The first kappa shape index (κ1) is 22.9. The molecule has 0 aromatic rings. The number of hydrogen-bond donors (Lipinski definition) is 2. The summed E-state index contributed by atoms with van der Waals surface area (Å²) in [6, 6.07) is 0. The van der Waals surface area contributed by atoms with Crippen molar-refractivity contribution >= 4 is 22.1 Å². The van der Waals surface area contributed by atoms with Crippen molar-refractivity contribution in [3.63, 3.8) is 0 Å². The Labute approximate surface area is 144 Å². The van der Waals surface area contributed by atoms with Crippen LogP contribution in [0.25, 0.3) is 0 Å². The molecule has 0 saturated carbocycles. The third kappa shape index (κ3) is 11.4. The van der Waals surface area contributed by atoms with Gasteiger partial charge in [-0.25, -0.2) is 0 Å². The van der Waals surface area contributed by atoms with Crippen molar-refractivity contribution in [1.29, 1.82) is 0 Å². The van der Waals surface area contributed by atoms with Gasteiger partial charge in [0.05, 0.1) is 13.0 Å².